The fourth-order valence-electron chi connectivity index (χ4n) is 2.73. The summed E-state index contributed by atoms with van der Waals surface area (Å²) in [5, 5.41) is 43.1. The van der Waals surface area contributed by atoms with Crippen LogP contribution in [0.15, 0.2) is 29.3 Å². The van der Waals surface area contributed by atoms with Crippen molar-refractivity contribution in [2.24, 2.45) is 22.2 Å². The van der Waals surface area contributed by atoms with Gasteiger partial charge >= 0.3 is 0 Å². The zero-order valence-electron chi connectivity index (χ0n) is 17.3. The minimum Gasteiger partial charge on any atom is -0.508 e. The first kappa shape index (κ1) is 26.1. The normalized spacial score (nSPS) is 14.9. The van der Waals surface area contributed by atoms with Crippen molar-refractivity contribution >= 4 is 17.8 Å². The van der Waals surface area contributed by atoms with Crippen LogP contribution >= 0.6 is 0 Å². The molecule has 0 spiro atoms. The summed E-state index contributed by atoms with van der Waals surface area (Å²) in [6, 6.07) is 2.69. The van der Waals surface area contributed by atoms with Gasteiger partial charge in [0.15, 0.2) is 12.2 Å². The first-order valence-corrected chi connectivity index (χ1v) is 9.75. The van der Waals surface area contributed by atoms with E-state index in [9.17, 15) is 30.0 Å². The Hall–Kier alpha value is -2.93. The zero-order valence-corrected chi connectivity index (χ0v) is 17.3. The smallest absolute Gasteiger partial charge is 0.245 e. The molecular formula is C19H32N6O6. The fraction of sp³-hybridized carbons (Fsp3) is 0.526. The van der Waals surface area contributed by atoms with Crippen LogP contribution in [0.2, 0.25) is 0 Å². The molecule has 0 saturated heterocycles. The topological polar surface area (TPSA) is 230 Å². The summed E-state index contributed by atoms with van der Waals surface area (Å²) in [6.45, 7) is 1.53. The molecule has 1 aromatic carbocycles. The Morgan fingerprint density at radius 1 is 1.06 bits per heavy atom. The number of aliphatic hydroxyl groups is 3. The fourth-order valence-corrected chi connectivity index (χ4v) is 2.73. The molecule has 12 N–H and O–H groups in total. The summed E-state index contributed by atoms with van der Waals surface area (Å²) in [5.74, 6) is -1.51. The van der Waals surface area contributed by atoms with Gasteiger partial charge in [-0.05, 0) is 43.9 Å². The predicted octanol–water partition coefficient (Wildman–Crippen LogP) is -3.02. The average molecular weight is 441 g/mol. The highest BCUT2D eigenvalue weighted by Crippen LogP contribution is 2.11. The average Bonchev–Trinajstić information content (AvgIpc) is 2.69. The molecule has 4 atom stereocenters. The molecule has 1 rings (SSSR count). The molecule has 12 heteroatoms. The zero-order chi connectivity index (χ0) is 23.6. The van der Waals surface area contributed by atoms with Crippen molar-refractivity contribution in [2.45, 2.75) is 56.7 Å². The summed E-state index contributed by atoms with van der Waals surface area (Å²) in [4.78, 5) is 28.7. The molecule has 1 aromatic rings. The molecule has 2 amide bonds. The van der Waals surface area contributed by atoms with E-state index in [1.807, 2.05) is 0 Å². The molecule has 0 unspecified atom stereocenters. The molecule has 0 fully saturated rings. The molecule has 0 radical (unpaired) electrons. The summed E-state index contributed by atoms with van der Waals surface area (Å²) < 4.78 is 0. The van der Waals surface area contributed by atoms with E-state index in [0.717, 1.165) is 0 Å². The second-order valence-electron chi connectivity index (χ2n) is 7.18. The first-order valence-electron chi connectivity index (χ1n) is 9.75. The lowest BCUT2D eigenvalue weighted by Crippen LogP contribution is -2.58. The molecule has 0 aliphatic rings. The van der Waals surface area contributed by atoms with E-state index < -0.39 is 42.3 Å². The lowest BCUT2D eigenvalue weighted by Gasteiger charge is -2.26. The van der Waals surface area contributed by atoms with Crippen molar-refractivity contribution in [3.8, 4) is 5.75 Å². The van der Waals surface area contributed by atoms with Crippen LogP contribution in [-0.2, 0) is 16.0 Å². The van der Waals surface area contributed by atoms with Crippen molar-refractivity contribution in [1.82, 2.24) is 10.6 Å². The lowest BCUT2D eigenvalue weighted by atomic mass is 10.0. The van der Waals surface area contributed by atoms with E-state index in [-0.39, 0.29) is 31.1 Å². The molecule has 0 saturated carbocycles. The van der Waals surface area contributed by atoms with Gasteiger partial charge < -0.3 is 48.3 Å². The Bertz CT molecular complexity index is 736. The Labute approximate surface area is 180 Å². The van der Waals surface area contributed by atoms with Gasteiger partial charge in [0.25, 0.3) is 0 Å². The number of phenolic OH excluding ortho intramolecular Hbond substituents is 1. The summed E-state index contributed by atoms with van der Waals surface area (Å²) >= 11 is 0. The van der Waals surface area contributed by atoms with Crippen LogP contribution in [0.25, 0.3) is 0 Å². The summed E-state index contributed by atoms with van der Waals surface area (Å²) in [6.07, 6.45) is -2.51. The third-order valence-electron chi connectivity index (χ3n) is 4.45. The number of carbonyl (C=O) groups excluding carboxylic acids is 2. The molecule has 0 heterocycles. The second kappa shape index (κ2) is 12.7. The van der Waals surface area contributed by atoms with E-state index in [1.165, 1.54) is 19.1 Å². The van der Waals surface area contributed by atoms with Crippen molar-refractivity contribution in [1.29, 1.82) is 0 Å². The number of aromatic hydroxyl groups is 1. The number of benzene rings is 1. The number of aliphatic imine (C=N–C) groups is 1. The van der Waals surface area contributed by atoms with Gasteiger partial charge in [0.1, 0.15) is 11.8 Å². The highest BCUT2D eigenvalue weighted by Gasteiger charge is 2.30. The van der Waals surface area contributed by atoms with Crippen LogP contribution in [0.5, 0.6) is 5.75 Å². The Morgan fingerprint density at radius 2 is 1.68 bits per heavy atom. The molecule has 0 aliphatic heterocycles. The first-order chi connectivity index (χ1) is 14.5. The number of amides is 2. The third kappa shape index (κ3) is 9.61. The van der Waals surface area contributed by atoms with Crippen molar-refractivity contribution < 1.29 is 30.0 Å². The number of carbonyl (C=O) groups is 2. The number of nitrogens with zero attached hydrogens (tertiary/aromatic N) is 1. The number of hydrogen-bond donors (Lipinski definition) is 9. The quantitative estimate of drug-likeness (QED) is 0.0695. The van der Waals surface area contributed by atoms with Gasteiger partial charge in [-0.25, -0.2) is 0 Å². The number of nitrogens with one attached hydrogen (secondary N) is 2. The van der Waals surface area contributed by atoms with Crippen LogP contribution in [0.1, 0.15) is 25.3 Å². The second-order valence-corrected chi connectivity index (χ2v) is 7.18. The Kier molecular flexibility index (Phi) is 10.7. The van der Waals surface area contributed by atoms with Crippen LogP contribution in [0, 0.1) is 0 Å². The largest absolute Gasteiger partial charge is 0.508 e. The molecule has 0 bridgehead atoms. The van der Waals surface area contributed by atoms with Gasteiger partial charge in [-0.15, -0.1) is 0 Å². The minimum absolute atomic E-state index is 0.0755. The SMILES string of the molecule is C[C@@H](O)[C@H](NC(=O)[C@@H](N)Cc1ccc(O)cc1)C(=O)N[C@@H](CCCN=C(N)N)C(O)O. The summed E-state index contributed by atoms with van der Waals surface area (Å²) in [5.41, 5.74) is 17.0. The summed E-state index contributed by atoms with van der Waals surface area (Å²) in [7, 11) is 0. The van der Waals surface area contributed by atoms with Gasteiger partial charge in [-0.2, -0.15) is 0 Å². The number of guanidine groups is 1. The highest BCUT2D eigenvalue weighted by atomic mass is 16.5. The molecule has 0 aromatic heterocycles. The van der Waals surface area contributed by atoms with Crippen LogP contribution in [0.3, 0.4) is 0 Å². The molecule has 174 valence electrons. The number of rotatable bonds is 12. The standard InChI is InChI=1S/C19H32N6O6/c1-10(26)15(17(29)24-14(18(30)31)3-2-8-23-19(21)22)25-16(28)13(20)9-11-4-6-12(27)7-5-11/h4-7,10,13-15,18,26-27,30-31H,2-3,8-9,20H2,1H3,(H,24,29)(H,25,28)(H4,21,22,23)/t10-,13+,14+,15+/m1/s1. The van der Waals surface area contributed by atoms with E-state index in [4.69, 9.17) is 17.2 Å². The van der Waals surface area contributed by atoms with Gasteiger partial charge in [-0.1, -0.05) is 12.1 Å². The van der Waals surface area contributed by atoms with Crippen molar-refractivity contribution in [3.63, 3.8) is 0 Å². The maximum atomic E-state index is 12.6. The molecule has 12 nitrogen and oxygen atoms in total. The highest BCUT2D eigenvalue weighted by molar-refractivity contribution is 5.90. The van der Waals surface area contributed by atoms with E-state index >= 15 is 0 Å². The van der Waals surface area contributed by atoms with Gasteiger partial charge in [0.05, 0.1) is 18.2 Å². The number of phenols is 1. The van der Waals surface area contributed by atoms with Crippen LogP contribution in [-0.4, -0.2) is 75.3 Å². The number of nitrogens with two attached hydrogens (primary N) is 3. The molecule has 0 aliphatic carbocycles. The van der Waals surface area contributed by atoms with Gasteiger partial charge in [-0.3, -0.25) is 14.6 Å². The lowest BCUT2D eigenvalue weighted by molar-refractivity contribution is -0.135. The van der Waals surface area contributed by atoms with Gasteiger partial charge in [0, 0.05) is 6.54 Å². The van der Waals surface area contributed by atoms with Gasteiger partial charge in [0.2, 0.25) is 11.8 Å². The van der Waals surface area contributed by atoms with Crippen LogP contribution < -0.4 is 27.8 Å². The monoisotopic (exact) mass is 440 g/mol. The number of hydrogen-bond acceptors (Lipinski definition) is 8. The van der Waals surface area contributed by atoms with Crippen molar-refractivity contribution in [2.75, 3.05) is 6.54 Å². The van der Waals surface area contributed by atoms with Crippen LogP contribution in [0.4, 0.5) is 0 Å². The molecular weight excluding hydrogens is 408 g/mol. The Morgan fingerprint density at radius 3 is 2.19 bits per heavy atom. The Balaban J connectivity index is 2.70. The van der Waals surface area contributed by atoms with E-state index in [1.54, 1.807) is 12.1 Å². The van der Waals surface area contributed by atoms with Crippen molar-refractivity contribution in [3.05, 3.63) is 29.8 Å². The predicted molar refractivity (Wildman–Crippen MR) is 113 cm³/mol. The van der Waals surface area contributed by atoms with E-state index in [0.29, 0.717) is 12.0 Å². The maximum absolute atomic E-state index is 12.6. The third-order valence-corrected chi connectivity index (χ3v) is 4.45. The minimum atomic E-state index is -1.87. The molecule has 31 heavy (non-hydrogen) atoms. The maximum Gasteiger partial charge on any atom is 0.245 e. The number of aliphatic hydroxyl groups excluding tert-OH is 2. The van der Waals surface area contributed by atoms with E-state index in [2.05, 4.69) is 15.6 Å².